The van der Waals surface area contributed by atoms with Crippen molar-refractivity contribution in [3.63, 3.8) is 0 Å². The number of amides is 1. The Bertz CT molecular complexity index is 945. The number of aromatic nitrogens is 2. The first kappa shape index (κ1) is 21.0. The van der Waals surface area contributed by atoms with Gasteiger partial charge in [0, 0.05) is 6.04 Å². The molecule has 2 atom stereocenters. The van der Waals surface area contributed by atoms with Gasteiger partial charge in [0.1, 0.15) is 5.54 Å². The molecule has 0 unspecified atom stereocenters. The summed E-state index contributed by atoms with van der Waals surface area (Å²) in [5, 5.41) is 12.8. The van der Waals surface area contributed by atoms with E-state index in [0.29, 0.717) is 16.1 Å². The lowest BCUT2D eigenvalue weighted by Gasteiger charge is -2.28. The van der Waals surface area contributed by atoms with E-state index in [9.17, 15) is 14.9 Å². The van der Waals surface area contributed by atoms with E-state index in [1.54, 1.807) is 30.5 Å². The maximum atomic E-state index is 12.9. The Morgan fingerprint density at radius 3 is 2.44 bits per heavy atom. The zero-order chi connectivity index (χ0) is 20.4. The van der Waals surface area contributed by atoms with Crippen molar-refractivity contribution in [1.29, 1.82) is 5.26 Å². The lowest BCUT2D eigenvalue weighted by atomic mass is 9.90. The van der Waals surface area contributed by atoms with Gasteiger partial charge in [-0.05, 0) is 45.7 Å². The molecular weight excluding hydrogens is 360 g/mol. The van der Waals surface area contributed by atoms with Crippen LogP contribution >= 0.6 is 11.8 Å². The lowest BCUT2D eigenvalue weighted by Crippen LogP contribution is -2.51. The smallest absolute Gasteiger partial charge is 0.262 e. The van der Waals surface area contributed by atoms with Crippen molar-refractivity contribution in [2.24, 2.45) is 5.92 Å². The zero-order valence-electron chi connectivity index (χ0n) is 16.6. The molecule has 6 nitrogen and oxygen atoms in total. The van der Waals surface area contributed by atoms with Crippen LogP contribution < -0.4 is 10.9 Å². The summed E-state index contributed by atoms with van der Waals surface area (Å²) >= 11 is 1.23. The fraction of sp³-hybridized carbons (Fsp3) is 0.500. The number of fused-ring (bicyclic) bond motifs is 1. The SMILES string of the molecule is CC(C)n1c(S[C@@H](C)C(=O)N[C@@](C)(C#N)C(C)C)nc2ccccc2c1=O. The Kier molecular flexibility index (Phi) is 6.32. The third-order valence-corrected chi connectivity index (χ3v) is 5.78. The predicted octanol–water partition coefficient (Wildman–Crippen LogP) is 3.51. The molecule has 0 aliphatic carbocycles. The normalized spacial score (nSPS) is 14.8. The molecule has 1 heterocycles. The van der Waals surface area contributed by atoms with E-state index in [4.69, 9.17) is 0 Å². The van der Waals surface area contributed by atoms with Crippen LogP contribution in [0.2, 0.25) is 0 Å². The van der Waals surface area contributed by atoms with E-state index >= 15 is 0 Å². The van der Waals surface area contributed by atoms with Crippen LogP contribution in [0.1, 0.15) is 47.6 Å². The van der Waals surface area contributed by atoms with E-state index < -0.39 is 10.8 Å². The molecule has 1 amide bonds. The largest absolute Gasteiger partial charge is 0.337 e. The lowest BCUT2D eigenvalue weighted by molar-refractivity contribution is -0.121. The quantitative estimate of drug-likeness (QED) is 0.606. The number of benzene rings is 1. The molecule has 2 aromatic rings. The molecule has 2 rings (SSSR count). The highest BCUT2D eigenvalue weighted by Gasteiger charge is 2.32. The van der Waals surface area contributed by atoms with Crippen LogP contribution in [-0.2, 0) is 4.79 Å². The maximum absolute atomic E-state index is 12.9. The number of rotatable bonds is 6. The molecule has 0 aliphatic heterocycles. The van der Waals surface area contributed by atoms with Crippen LogP contribution in [0.5, 0.6) is 0 Å². The van der Waals surface area contributed by atoms with Crippen molar-refractivity contribution >= 4 is 28.6 Å². The fourth-order valence-electron chi connectivity index (χ4n) is 2.53. The molecule has 0 radical (unpaired) electrons. The number of carbonyl (C=O) groups is 1. The summed E-state index contributed by atoms with van der Waals surface area (Å²) in [5.41, 5.74) is -0.450. The van der Waals surface area contributed by atoms with Gasteiger partial charge >= 0.3 is 0 Å². The second-order valence-corrected chi connectivity index (χ2v) is 8.71. The van der Waals surface area contributed by atoms with Gasteiger partial charge < -0.3 is 5.32 Å². The Morgan fingerprint density at radius 2 is 1.89 bits per heavy atom. The molecule has 144 valence electrons. The van der Waals surface area contributed by atoms with Crippen LogP contribution in [-0.4, -0.2) is 26.2 Å². The van der Waals surface area contributed by atoms with Crippen LogP contribution in [0.4, 0.5) is 0 Å². The zero-order valence-corrected chi connectivity index (χ0v) is 17.4. The molecular formula is C20H26N4O2S. The van der Waals surface area contributed by atoms with Gasteiger partial charge in [-0.3, -0.25) is 14.2 Å². The topological polar surface area (TPSA) is 87.8 Å². The minimum absolute atomic E-state index is 0.0312. The van der Waals surface area contributed by atoms with Crippen molar-refractivity contribution in [3.8, 4) is 6.07 Å². The number of nitrogens with zero attached hydrogens (tertiary/aromatic N) is 3. The molecule has 0 bridgehead atoms. The fourth-order valence-corrected chi connectivity index (χ4v) is 3.58. The third kappa shape index (κ3) is 4.33. The van der Waals surface area contributed by atoms with Gasteiger partial charge in [-0.25, -0.2) is 4.98 Å². The minimum Gasteiger partial charge on any atom is -0.337 e. The summed E-state index contributed by atoms with van der Waals surface area (Å²) in [7, 11) is 0. The highest BCUT2D eigenvalue weighted by atomic mass is 32.2. The standard InChI is InChI=1S/C20H26N4O2S/c1-12(2)20(6,11-21)23-17(25)14(5)27-19-22-16-10-8-7-9-15(16)18(26)24(19)13(3)4/h7-10,12-14H,1-6H3,(H,23,25)/t14-,20-/m0/s1. The monoisotopic (exact) mass is 386 g/mol. The van der Waals surface area contributed by atoms with Crippen LogP contribution in [0.3, 0.4) is 0 Å². The number of nitrogens with one attached hydrogen (secondary N) is 1. The first-order valence-electron chi connectivity index (χ1n) is 9.02. The van der Waals surface area contributed by atoms with Gasteiger partial charge in [-0.1, -0.05) is 37.7 Å². The Labute approximate surface area is 164 Å². The van der Waals surface area contributed by atoms with Crippen LogP contribution in [0.25, 0.3) is 10.9 Å². The van der Waals surface area contributed by atoms with Crippen molar-refractivity contribution in [3.05, 3.63) is 34.6 Å². The van der Waals surface area contributed by atoms with Crippen LogP contribution in [0.15, 0.2) is 34.2 Å². The molecule has 1 N–H and O–H groups in total. The Morgan fingerprint density at radius 1 is 1.26 bits per heavy atom. The summed E-state index contributed by atoms with van der Waals surface area (Å²) in [6, 6.07) is 9.29. The highest BCUT2D eigenvalue weighted by molar-refractivity contribution is 8.00. The number of hydrogen-bond donors (Lipinski definition) is 1. The summed E-state index contributed by atoms with van der Waals surface area (Å²) in [4.78, 5) is 30.1. The van der Waals surface area contributed by atoms with Crippen molar-refractivity contribution in [2.45, 2.75) is 63.5 Å². The van der Waals surface area contributed by atoms with E-state index in [-0.39, 0.29) is 23.4 Å². The molecule has 0 saturated heterocycles. The van der Waals surface area contributed by atoms with Gasteiger partial charge in [-0.2, -0.15) is 5.26 Å². The molecule has 1 aromatic carbocycles. The highest BCUT2D eigenvalue weighted by Crippen LogP contribution is 2.26. The van der Waals surface area contributed by atoms with E-state index in [0.717, 1.165) is 0 Å². The number of nitriles is 1. The average molecular weight is 387 g/mol. The second kappa shape index (κ2) is 8.13. The molecule has 0 aliphatic rings. The molecule has 7 heteroatoms. The van der Waals surface area contributed by atoms with Gasteiger partial charge in [0.25, 0.3) is 5.56 Å². The van der Waals surface area contributed by atoms with Gasteiger partial charge in [-0.15, -0.1) is 0 Å². The first-order chi connectivity index (χ1) is 12.6. The third-order valence-electron chi connectivity index (χ3n) is 4.71. The number of thioether (sulfide) groups is 1. The second-order valence-electron chi connectivity index (χ2n) is 7.40. The minimum atomic E-state index is -0.944. The number of hydrogen-bond acceptors (Lipinski definition) is 5. The first-order valence-corrected chi connectivity index (χ1v) is 9.90. The summed E-state index contributed by atoms with van der Waals surface area (Å²) in [6.45, 7) is 11.1. The van der Waals surface area contributed by atoms with E-state index in [1.165, 1.54) is 11.8 Å². The molecule has 0 fully saturated rings. The molecule has 1 aromatic heterocycles. The van der Waals surface area contributed by atoms with Gasteiger partial charge in [0.2, 0.25) is 5.91 Å². The maximum Gasteiger partial charge on any atom is 0.262 e. The van der Waals surface area contributed by atoms with Gasteiger partial charge in [0.15, 0.2) is 5.16 Å². The summed E-state index contributed by atoms with van der Waals surface area (Å²) in [5.74, 6) is -0.285. The van der Waals surface area contributed by atoms with Crippen molar-refractivity contribution in [1.82, 2.24) is 14.9 Å². The Balaban J connectivity index is 2.37. The molecule has 0 saturated carbocycles. The summed E-state index contributed by atoms with van der Waals surface area (Å²) < 4.78 is 1.61. The van der Waals surface area contributed by atoms with Gasteiger partial charge in [0.05, 0.1) is 22.2 Å². The van der Waals surface area contributed by atoms with Crippen molar-refractivity contribution in [2.75, 3.05) is 0 Å². The average Bonchev–Trinajstić information content (AvgIpc) is 2.61. The predicted molar refractivity (Wildman–Crippen MR) is 109 cm³/mol. The number of para-hydroxylation sites is 1. The summed E-state index contributed by atoms with van der Waals surface area (Å²) in [6.07, 6.45) is 0. The van der Waals surface area contributed by atoms with Crippen LogP contribution in [0, 0.1) is 17.2 Å². The molecule has 0 spiro atoms. The van der Waals surface area contributed by atoms with E-state index in [2.05, 4.69) is 16.4 Å². The van der Waals surface area contributed by atoms with E-state index in [1.807, 2.05) is 39.8 Å². The number of carbonyl (C=O) groups excluding carboxylic acids is 1. The van der Waals surface area contributed by atoms with Crippen molar-refractivity contribution < 1.29 is 4.79 Å². The molecule has 27 heavy (non-hydrogen) atoms. The Hall–Kier alpha value is -2.33.